The molecule has 1 heterocycles. The predicted molar refractivity (Wildman–Crippen MR) is 78.6 cm³/mol. The average molecular weight is 271 g/mol. The van der Waals surface area contributed by atoms with Crippen molar-refractivity contribution in [3.63, 3.8) is 0 Å². The average Bonchev–Trinajstić information content (AvgIpc) is 2.89. The van der Waals surface area contributed by atoms with Crippen molar-refractivity contribution in [1.82, 2.24) is 0 Å². The van der Waals surface area contributed by atoms with Crippen molar-refractivity contribution in [2.75, 3.05) is 0 Å². The monoisotopic (exact) mass is 271 g/mol. The molecule has 0 amide bonds. The van der Waals surface area contributed by atoms with Crippen LogP contribution < -0.4 is 5.73 Å². The Hall–Kier alpha value is -1.45. The molecule has 0 spiro atoms. The Labute approximate surface area is 117 Å². The van der Waals surface area contributed by atoms with Gasteiger partial charge in [0.2, 0.25) is 0 Å². The Morgan fingerprint density at radius 1 is 1.21 bits per heavy atom. The van der Waals surface area contributed by atoms with Crippen LogP contribution in [0.2, 0.25) is 0 Å². The molecule has 1 saturated carbocycles. The Bertz CT molecular complexity index is 572. The first kappa shape index (κ1) is 12.6. The first-order chi connectivity index (χ1) is 9.27. The highest BCUT2D eigenvalue weighted by Crippen LogP contribution is 2.38. The molecule has 1 aromatic heterocycles. The van der Waals surface area contributed by atoms with Gasteiger partial charge in [-0.25, -0.2) is 0 Å². The standard InChI is InChI=1S/C16H17NOS/c17-15(14-9-4-10-19-14)16(18)13-8-2-1-7-12(13)11-5-3-6-11/h1-2,4,7-11,15H,3,5-6,17H2. The lowest BCUT2D eigenvalue weighted by Crippen LogP contribution is -2.23. The number of carbonyl (C=O) groups is 1. The maximum Gasteiger partial charge on any atom is 0.185 e. The van der Waals surface area contributed by atoms with Gasteiger partial charge >= 0.3 is 0 Å². The number of hydrogen-bond donors (Lipinski definition) is 1. The van der Waals surface area contributed by atoms with E-state index < -0.39 is 6.04 Å². The van der Waals surface area contributed by atoms with Crippen molar-refractivity contribution in [3.8, 4) is 0 Å². The first-order valence-electron chi connectivity index (χ1n) is 6.69. The van der Waals surface area contributed by atoms with E-state index >= 15 is 0 Å². The van der Waals surface area contributed by atoms with Crippen molar-refractivity contribution in [2.45, 2.75) is 31.2 Å². The number of carbonyl (C=O) groups excluding carboxylic acids is 1. The molecule has 0 radical (unpaired) electrons. The fraction of sp³-hybridized carbons (Fsp3) is 0.312. The van der Waals surface area contributed by atoms with Gasteiger partial charge in [-0.15, -0.1) is 11.3 Å². The summed E-state index contributed by atoms with van der Waals surface area (Å²) in [6.45, 7) is 0. The van der Waals surface area contributed by atoms with E-state index in [1.165, 1.54) is 24.8 Å². The Kier molecular flexibility index (Phi) is 3.49. The van der Waals surface area contributed by atoms with Gasteiger partial charge in [0.05, 0.1) is 0 Å². The zero-order chi connectivity index (χ0) is 13.2. The fourth-order valence-electron chi connectivity index (χ4n) is 2.56. The summed E-state index contributed by atoms with van der Waals surface area (Å²) in [6, 6.07) is 11.3. The largest absolute Gasteiger partial charge is 0.317 e. The van der Waals surface area contributed by atoms with Crippen LogP contribution in [0, 0.1) is 0 Å². The summed E-state index contributed by atoms with van der Waals surface area (Å²) in [5.41, 5.74) is 8.10. The number of rotatable bonds is 4. The molecular formula is C16H17NOS. The summed E-state index contributed by atoms with van der Waals surface area (Å²) < 4.78 is 0. The van der Waals surface area contributed by atoms with Crippen molar-refractivity contribution in [2.24, 2.45) is 5.73 Å². The van der Waals surface area contributed by atoms with Gasteiger partial charge in [0, 0.05) is 10.4 Å². The van der Waals surface area contributed by atoms with E-state index in [4.69, 9.17) is 5.73 Å². The number of thiophene rings is 1. The Morgan fingerprint density at radius 3 is 2.63 bits per heavy atom. The molecule has 1 aliphatic carbocycles. The van der Waals surface area contributed by atoms with Gasteiger partial charge in [-0.2, -0.15) is 0 Å². The van der Waals surface area contributed by atoms with Crippen LogP contribution in [-0.4, -0.2) is 5.78 Å². The van der Waals surface area contributed by atoms with Gasteiger partial charge in [-0.3, -0.25) is 4.79 Å². The molecule has 3 heteroatoms. The smallest absolute Gasteiger partial charge is 0.185 e. The molecule has 0 saturated heterocycles. The maximum absolute atomic E-state index is 12.6. The molecular weight excluding hydrogens is 254 g/mol. The van der Waals surface area contributed by atoms with Crippen molar-refractivity contribution in [1.29, 1.82) is 0 Å². The molecule has 1 aromatic carbocycles. The van der Waals surface area contributed by atoms with Crippen molar-refractivity contribution >= 4 is 17.1 Å². The van der Waals surface area contributed by atoms with E-state index in [-0.39, 0.29) is 5.78 Å². The normalized spacial score (nSPS) is 16.9. The van der Waals surface area contributed by atoms with Crippen LogP contribution in [0.4, 0.5) is 0 Å². The molecule has 2 aromatic rings. The number of hydrogen-bond acceptors (Lipinski definition) is 3. The second kappa shape index (κ2) is 5.27. The topological polar surface area (TPSA) is 43.1 Å². The van der Waals surface area contributed by atoms with E-state index in [1.54, 1.807) is 11.3 Å². The van der Waals surface area contributed by atoms with Crippen molar-refractivity contribution in [3.05, 3.63) is 57.8 Å². The highest BCUT2D eigenvalue weighted by Gasteiger charge is 2.27. The maximum atomic E-state index is 12.6. The molecule has 1 unspecified atom stereocenters. The summed E-state index contributed by atoms with van der Waals surface area (Å²) in [5.74, 6) is 0.598. The molecule has 98 valence electrons. The van der Waals surface area contributed by atoms with Gasteiger partial charge in [-0.1, -0.05) is 36.8 Å². The fourth-order valence-corrected chi connectivity index (χ4v) is 3.29. The number of ketones is 1. The van der Waals surface area contributed by atoms with E-state index in [0.29, 0.717) is 5.92 Å². The first-order valence-corrected chi connectivity index (χ1v) is 7.57. The minimum atomic E-state index is -0.527. The molecule has 3 rings (SSSR count). The SMILES string of the molecule is NC(C(=O)c1ccccc1C1CCC1)c1cccs1. The minimum Gasteiger partial charge on any atom is -0.317 e. The predicted octanol–water partition coefficient (Wildman–Crippen LogP) is 3.90. The van der Waals surface area contributed by atoms with Gasteiger partial charge < -0.3 is 5.73 Å². The molecule has 1 aliphatic rings. The number of nitrogens with two attached hydrogens (primary N) is 1. The van der Waals surface area contributed by atoms with Crippen LogP contribution in [0.3, 0.4) is 0 Å². The van der Waals surface area contributed by atoms with Crippen LogP contribution >= 0.6 is 11.3 Å². The second-order valence-electron chi connectivity index (χ2n) is 5.07. The molecule has 19 heavy (non-hydrogen) atoms. The second-order valence-corrected chi connectivity index (χ2v) is 6.05. The zero-order valence-electron chi connectivity index (χ0n) is 10.7. The molecule has 0 aliphatic heterocycles. The summed E-state index contributed by atoms with van der Waals surface area (Å²) in [5, 5.41) is 1.96. The van der Waals surface area contributed by atoms with Crippen LogP contribution in [0.25, 0.3) is 0 Å². The molecule has 1 fully saturated rings. The van der Waals surface area contributed by atoms with Crippen LogP contribution in [0.1, 0.15) is 52.0 Å². The zero-order valence-corrected chi connectivity index (χ0v) is 11.5. The van der Waals surface area contributed by atoms with E-state index in [1.807, 2.05) is 35.7 Å². The highest BCUT2D eigenvalue weighted by atomic mass is 32.1. The van der Waals surface area contributed by atoms with Crippen LogP contribution in [0.15, 0.2) is 41.8 Å². The van der Waals surface area contributed by atoms with Crippen LogP contribution in [-0.2, 0) is 0 Å². The van der Waals surface area contributed by atoms with E-state index in [0.717, 1.165) is 10.4 Å². The lowest BCUT2D eigenvalue weighted by Gasteiger charge is -2.28. The quantitative estimate of drug-likeness (QED) is 0.857. The lowest BCUT2D eigenvalue weighted by molar-refractivity contribution is 0.0960. The summed E-state index contributed by atoms with van der Waals surface area (Å²) in [7, 11) is 0. The van der Waals surface area contributed by atoms with E-state index in [2.05, 4.69) is 6.07 Å². The van der Waals surface area contributed by atoms with Crippen molar-refractivity contribution < 1.29 is 4.79 Å². The summed E-state index contributed by atoms with van der Waals surface area (Å²) in [4.78, 5) is 13.5. The van der Waals surface area contributed by atoms with Gasteiger partial charge in [0.15, 0.2) is 5.78 Å². The molecule has 0 bridgehead atoms. The summed E-state index contributed by atoms with van der Waals surface area (Å²) in [6.07, 6.45) is 3.65. The highest BCUT2D eigenvalue weighted by molar-refractivity contribution is 7.10. The molecule has 2 nitrogen and oxygen atoms in total. The van der Waals surface area contributed by atoms with Gasteiger partial charge in [0.25, 0.3) is 0 Å². The number of benzene rings is 1. The van der Waals surface area contributed by atoms with E-state index in [9.17, 15) is 4.79 Å². The third-order valence-electron chi connectivity index (χ3n) is 3.90. The summed E-state index contributed by atoms with van der Waals surface area (Å²) >= 11 is 1.54. The van der Waals surface area contributed by atoms with Crippen LogP contribution in [0.5, 0.6) is 0 Å². The Balaban J connectivity index is 1.91. The minimum absolute atomic E-state index is 0.0462. The van der Waals surface area contributed by atoms with Gasteiger partial charge in [-0.05, 0) is 35.8 Å². The molecule has 1 atom stereocenters. The lowest BCUT2D eigenvalue weighted by atomic mass is 9.77. The van der Waals surface area contributed by atoms with Gasteiger partial charge in [0.1, 0.15) is 6.04 Å². The third kappa shape index (κ3) is 2.36. The number of Topliss-reactive ketones (excluding diaryl/α,β-unsaturated/α-hetero) is 1. The Morgan fingerprint density at radius 2 is 2.00 bits per heavy atom. The molecule has 2 N–H and O–H groups in total. The third-order valence-corrected chi connectivity index (χ3v) is 4.86.